The first-order chi connectivity index (χ1) is 10.6. The number of carboxylic acid groups (broad SMARTS) is 1. The molecule has 2 N–H and O–H groups in total. The highest BCUT2D eigenvalue weighted by atomic mass is 16.4. The number of nitrogens with one attached hydrogen (secondary N) is 1. The second-order valence-corrected chi connectivity index (χ2v) is 6.25. The Morgan fingerprint density at radius 1 is 1.09 bits per heavy atom. The van der Waals surface area contributed by atoms with Crippen molar-refractivity contribution in [2.45, 2.75) is 32.1 Å². The predicted octanol–water partition coefficient (Wildman–Crippen LogP) is 2.73. The summed E-state index contributed by atoms with van der Waals surface area (Å²) >= 11 is 0. The average molecular weight is 302 g/mol. The molecule has 5 heteroatoms. The Hall–Kier alpha value is -2.04. The van der Waals surface area contributed by atoms with Crippen molar-refractivity contribution in [1.82, 2.24) is 0 Å². The van der Waals surface area contributed by atoms with Crippen LogP contribution in [0.15, 0.2) is 24.3 Å². The summed E-state index contributed by atoms with van der Waals surface area (Å²) in [7, 11) is 0. The van der Waals surface area contributed by atoms with Crippen LogP contribution in [-0.4, -0.2) is 30.1 Å². The lowest BCUT2D eigenvalue weighted by Gasteiger charge is -2.22. The number of para-hydroxylation sites is 2. The fraction of sp³-hybridized carbons (Fsp3) is 0.529. The molecular weight excluding hydrogens is 280 g/mol. The standard InChI is InChI=1S/C17H22N2O3/c20-16(12-7-8-13(11-12)17(21)22)18-14-5-1-2-6-15(14)19-9-3-4-10-19/h1-2,5-6,12-13H,3-4,7-11H2,(H,18,20)(H,21,22)/t12-,13+/m0/s1. The first kappa shape index (κ1) is 14.9. The van der Waals surface area contributed by atoms with Gasteiger partial charge in [0.25, 0.3) is 0 Å². The Morgan fingerprint density at radius 3 is 2.45 bits per heavy atom. The van der Waals surface area contributed by atoms with Gasteiger partial charge in [0.05, 0.1) is 17.3 Å². The Balaban J connectivity index is 1.68. The van der Waals surface area contributed by atoms with Gasteiger partial charge in [0.1, 0.15) is 0 Å². The van der Waals surface area contributed by atoms with Crippen LogP contribution in [0, 0.1) is 11.8 Å². The Kier molecular flexibility index (Phi) is 4.32. The van der Waals surface area contributed by atoms with Crippen LogP contribution < -0.4 is 10.2 Å². The molecular formula is C17H22N2O3. The van der Waals surface area contributed by atoms with E-state index in [1.165, 1.54) is 12.8 Å². The SMILES string of the molecule is O=C(O)[C@@H]1CC[C@H](C(=O)Nc2ccccc2N2CCCC2)C1. The van der Waals surface area contributed by atoms with Gasteiger partial charge in [-0.15, -0.1) is 0 Å². The zero-order chi connectivity index (χ0) is 15.5. The van der Waals surface area contributed by atoms with E-state index in [0.29, 0.717) is 19.3 Å². The number of carbonyl (C=O) groups is 2. The second-order valence-electron chi connectivity index (χ2n) is 6.25. The fourth-order valence-corrected chi connectivity index (χ4v) is 3.49. The fourth-order valence-electron chi connectivity index (χ4n) is 3.49. The molecule has 1 aliphatic heterocycles. The van der Waals surface area contributed by atoms with E-state index >= 15 is 0 Å². The van der Waals surface area contributed by atoms with Crippen LogP contribution in [0.25, 0.3) is 0 Å². The number of carboxylic acids is 1. The number of nitrogens with zero attached hydrogens (tertiary/aromatic N) is 1. The van der Waals surface area contributed by atoms with Crippen molar-refractivity contribution in [3.05, 3.63) is 24.3 Å². The number of aliphatic carboxylic acids is 1. The molecule has 0 spiro atoms. The van der Waals surface area contributed by atoms with Crippen molar-refractivity contribution < 1.29 is 14.7 Å². The Labute approximate surface area is 130 Å². The van der Waals surface area contributed by atoms with Crippen molar-refractivity contribution in [2.24, 2.45) is 11.8 Å². The van der Waals surface area contributed by atoms with Crippen molar-refractivity contribution in [2.75, 3.05) is 23.3 Å². The molecule has 1 saturated carbocycles. The molecule has 22 heavy (non-hydrogen) atoms. The summed E-state index contributed by atoms with van der Waals surface area (Å²) in [6, 6.07) is 7.87. The molecule has 0 radical (unpaired) electrons. The van der Waals surface area contributed by atoms with E-state index in [1.54, 1.807) is 0 Å². The van der Waals surface area contributed by atoms with Crippen molar-refractivity contribution >= 4 is 23.3 Å². The quantitative estimate of drug-likeness (QED) is 0.897. The van der Waals surface area contributed by atoms with Crippen molar-refractivity contribution in [3.8, 4) is 0 Å². The molecule has 3 rings (SSSR count). The lowest BCUT2D eigenvalue weighted by Crippen LogP contribution is -2.24. The highest BCUT2D eigenvalue weighted by molar-refractivity contribution is 5.96. The summed E-state index contributed by atoms with van der Waals surface area (Å²) < 4.78 is 0. The van der Waals surface area contributed by atoms with Crippen LogP contribution in [0.5, 0.6) is 0 Å². The minimum absolute atomic E-state index is 0.0459. The average Bonchev–Trinajstić information content (AvgIpc) is 3.19. The smallest absolute Gasteiger partial charge is 0.306 e. The molecule has 1 heterocycles. The van der Waals surface area contributed by atoms with E-state index in [4.69, 9.17) is 5.11 Å². The molecule has 1 amide bonds. The maximum absolute atomic E-state index is 12.4. The van der Waals surface area contributed by atoms with Gasteiger partial charge in [-0.3, -0.25) is 9.59 Å². The van der Waals surface area contributed by atoms with Gasteiger partial charge in [-0.1, -0.05) is 12.1 Å². The third kappa shape index (κ3) is 3.08. The molecule has 1 aromatic rings. The van der Waals surface area contributed by atoms with Gasteiger partial charge in [0, 0.05) is 19.0 Å². The number of carbonyl (C=O) groups excluding carboxylic acids is 1. The lowest BCUT2D eigenvalue weighted by molar-refractivity contribution is -0.141. The number of hydrogen-bond acceptors (Lipinski definition) is 3. The van der Waals surface area contributed by atoms with Gasteiger partial charge in [-0.25, -0.2) is 0 Å². The van der Waals surface area contributed by atoms with Crippen LogP contribution in [0.2, 0.25) is 0 Å². The van der Waals surface area contributed by atoms with E-state index < -0.39 is 5.97 Å². The molecule has 2 atom stereocenters. The highest BCUT2D eigenvalue weighted by Crippen LogP contribution is 2.34. The lowest BCUT2D eigenvalue weighted by atomic mass is 10.0. The summed E-state index contributed by atoms with van der Waals surface area (Å²) in [5, 5.41) is 12.1. The maximum atomic E-state index is 12.4. The molecule has 0 aromatic heterocycles. The third-order valence-electron chi connectivity index (χ3n) is 4.76. The molecule has 1 saturated heterocycles. The molecule has 1 aromatic carbocycles. The molecule has 2 fully saturated rings. The topological polar surface area (TPSA) is 69.6 Å². The number of hydrogen-bond donors (Lipinski definition) is 2. The Bertz CT molecular complexity index is 567. The molecule has 118 valence electrons. The van der Waals surface area contributed by atoms with Gasteiger partial charge < -0.3 is 15.3 Å². The van der Waals surface area contributed by atoms with Crippen LogP contribution in [0.4, 0.5) is 11.4 Å². The summed E-state index contributed by atoms with van der Waals surface area (Å²) in [4.78, 5) is 25.7. The molecule has 0 unspecified atom stereocenters. The maximum Gasteiger partial charge on any atom is 0.306 e. The third-order valence-corrected chi connectivity index (χ3v) is 4.76. The first-order valence-electron chi connectivity index (χ1n) is 8.03. The predicted molar refractivity (Wildman–Crippen MR) is 85.0 cm³/mol. The van der Waals surface area contributed by atoms with E-state index in [-0.39, 0.29) is 17.7 Å². The summed E-state index contributed by atoms with van der Waals surface area (Å²) in [5.41, 5.74) is 1.91. The van der Waals surface area contributed by atoms with Gasteiger partial charge in [-0.05, 0) is 44.2 Å². The minimum Gasteiger partial charge on any atom is -0.481 e. The van der Waals surface area contributed by atoms with Crippen LogP contribution >= 0.6 is 0 Å². The first-order valence-corrected chi connectivity index (χ1v) is 8.03. The van der Waals surface area contributed by atoms with Crippen LogP contribution in [0.1, 0.15) is 32.1 Å². The second kappa shape index (κ2) is 6.38. The minimum atomic E-state index is -0.784. The van der Waals surface area contributed by atoms with Crippen LogP contribution in [0.3, 0.4) is 0 Å². The zero-order valence-electron chi connectivity index (χ0n) is 12.6. The van der Waals surface area contributed by atoms with E-state index in [0.717, 1.165) is 24.5 Å². The molecule has 2 aliphatic rings. The summed E-state index contributed by atoms with van der Waals surface area (Å²) in [5.74, 6) is -1.39. The Morgan fingerprint density at radius 2 is 1.77 bits per heavy atom. The number of rotatable bonds is 4. The summed E-state index contributed by atoms with van der Waals surface area (Å²) in [6.45, 7) is 2.05. The zero-order valence-corrected chi connectivity index (χ0v) is 12.6. The van der Waals surface area contributed by atoms with E-state index in [1.807, 2.05) is 24.3 Å². The van der Waals surface area contributed by atoms with Crippen LogP contribution in [-0.2, 0) is 9.59 Å². The molecule has 0 bridgehead atoms. The normalized spacial score (nSPS) is 24.5. The van der Waals surface area contributed by atoms with Gasteiger partial charge in [-0.2, -0.15) is 0 Å². The largest absolute Gasteiger partial charge is 0.481 e. The van der Waals surface area contributed by atoms with E-state index in [2.05, 4.69) is 10.2 Å². The molecule has 5 nitrogen and oxygen atoms in total. The van der Waals surface area contributed by atoms with E-state index in [9.17, 15) is 9.59 Å². The summed E-state index contributed by atoms with van der Waals surface area (Å²) in [6.07, 6.45) is 4.08. The van der Waals surface area contributed by atoms with Crippen molar-refractivity contribution in [1.29, 1.82) is 0 Å². The highest BCUT2D eigenvalue weighted by Gasteiger charge is 2.34. The van der Waals surface area contributed by atoms with Gasteiger partial charge in [0.2, 0.25) is 5.91 Å². The molecule has 1 aliphatic carbocycles. The number of benzene rings is 1. The monoisotopic (exact) mass is 302 g/mol. The van der Waals surface area contributed by atoms with Gasteiger partial charge >= 0.3 is 5.97 Å². The number of anilines is 2. The number of amides is 1. The van der Waals surface area contributed by atoms with Crippen molar-refractivity contribution in [3.63, 3.8) is 0 Å². The van der Waals surface area contributed by atoms with Gasteiger partial charge in [0.15, 0.2) is 0 Å².